The zero-order valence-corrected chi connectivity index (χ0v) is 11.5. The van der Waals surface area contributed by atoms with E-state index in [1.165, 1.54) is 0 Å². The maximum Gasteiger partial charge on any atom is 0.325 e. The lowest BCUT2D eigenvalue weighted by Gasteiger charge is -2.19. The summed E-state index contributed by atoms with van der Waals surface area (Å²) in [7, 11) is 0. The molecule has 2 rings (SSSR count). The number of hydrogen-bond acceptors (Lipinski definition) is 3. The Bertz CT molecular complexity index is 515. The van der Waals surface area contributed by atoms with E-state index in [0.29, 0.717) is 19.1 Å². The van der Waals surface area contributed by atoms with Gasteiger partial charge in [-0.05, 0) is 12.0 Å². The van der Waals surface area contributed by atoms with Crippen molar-refractivity contribution in [2.45, 2.75) is 38.3 Å². The molecule has 20 heavy (non-hydrogen) atoms. The minimum atomic E-state index is -1.37. The first-order valence-electron chi connectivity index (χ1n) is 6.77. The summed E-state index contributed by atoms with van der Waals surface area (Å²) in [5.41, 5.74) is -0.518. The smallest absolute Gasteiger partial charge is 0.317 e. The van der Waals surface area contributed by atoms with Crippen LogP contribution in [0.15, 0.2) is 30.3 Å². The van der Waals surface area contributed by atoms with Gasteiger partial charge in [-0.3, -0.25) is 9.69 Å². The SMILES string of the molecule is CCCCC1(C=O)NC(=O)N(Cc2ccccc2)C1=O. The van der Waals surface area contributed by atoms with Gasteiger partial charge in [-0.1, -0.05) is 50.1 Å². The lowest BCUT2D eigenvalue weighted by molar-refractivity contribution is -0.135. The Labute approximate surface area is 118 Å². The van der Waals surface area contributed by atoms with Gasteiger partial charge < -0.3 is 10.1 Å². The summed E-state index contributed by atoms with van der Waals surface area (Å²) in [6.07, 6.45) is 2.48. The first-order chi connectivity index (χ1) is 9.63. The van der Waals surface area contributed by atoms with Crippen molar-refractivity contribution in [3.63, 3.8) is 0 Å². The van der Waals surface area contributed by atoms with E-state index in [-0.39, 0.29) is 6.54 Å². The van der Waals surface area contributed by atoms with Crippen LogP contribution in [0, 0.1) is 0 Å². The highest BCUT2D eigenvalue weighted by atomic mass is 16.2. The second-order valence-electron chi connectivity index (χ2n) is 5.00. The molecule has 1 aromatic rings. The van der Waals surface area contributed by atoms with Gasteiger partial charge in [0.2, 0.25) is 0 Å². The molecule has 1 fully saturated rings. The fourth-order valence-electron chi connectivity index (χ4n) is 2.32. The van der Waals surface area contributed by atoms with Gasteiger partial charge in [0.15, 0.2) is 11.8 Å². The largest absolute Gasteiger partial charge is 0.325 e. The highest BCUT2D eigenvalue weighted by Crippen LogP contribution is 2.23. The molecule has 1 saturated heterocycles. The molecule has 3 amide bonds. The lowest BCUT2D eigenvalue weighted by Crippen LogP contribution is -2.48. The van der Waals surface area contributed by atoms with Gasteiger partial charge in [-0.15, -0.1) is 0 Å². The molecule has 106 valence electrons. The highest BCUT2D eigenvalue weighted by Gasteiger charge is 2.50. The molecule has 1 heterocycles. The van der Waals surface area contributed by atoms with Crippen molar-refractivity contribution in [1.29, 1.82) is 0 Å². The molecule has 0 radical (unpaired) electrons. The standard InChI is InChI=1S/C15H18N2O3/c1-2-3-9-15(11-18)13(19)17(14(20)16-15)10-12-7-5-4-6-8-12/h4-8,11H,2-3,9-10H2,1H3,(H,16,20). The third-order valence-corrected chi connectivity index (χ3v) is 3.51. The number of urea groups is 1. The minimum absolute atomic E-state index is 0.188. The summed E-state index contributed by atoms with van der Waals surface area (Å²) in [6, 6.07) is 8.74. The Kier molecular flexibility index (Phi) is 4.17. The van der Waals surface area contributed by atoms with Crippen LogP contribution in [0.25, 0.3) is 0 Å². The lowest BCUT2D eigenvalue weighted by atomic mass is 9.94. The van der Waals surface area contributed by atoms with Crippen molar-refractivity contribution >= 4 is 18.2 Å². The summed E-state index contributed by atoms with van der Waals surface area (Å²) >= 11 is 0. The molecule has 1 N–H and O–H groups in total. The monoisotopic (exact) mass is 274 g/mol. The molecule has 0 spiro atoms. The van der Waals surface area contributed by atoms with Gasteiger partial charge in [0, 0.05) is 0 Å². The van der Waals surface area contributed by atoms with Crippen molar-refractivity contribution in [2.75, 3.05) is 0 Å². The molecule has 1 atom stereocenters. The normalized spacial score (nSPS) is 21.9. The number of amides is 3. The maximum atomic E-state index is 12.4. The zero-order valence-electron chi connectivity index (χ0n) is 11.5. The zero-order chi connectivity index (χ0) is 14.6. The van der Waals surface area contributed by atoms with Gasteiger partial charge in [-0.25, -0.2) is 4.79 Å². The average Bonchev–Trinajstić information content (AvgIpc) is 2.71. The molecule has 0 saturated carbocycles. The number of nitrogens with one attached hydrogen (secondary N) is 1. The van der Waals surface area contributed by atoms with Crippen molar-refractivity contribution in [3.05, 3.63) is 35.9 Å². The summed E-state index contributed by atoms with van der Waals surface area (Å²) < 4.78 is 0. The quantitative estimate of drug-likeness (QED) is 0.489. The first kappa shape index (κ1) is 14.2. The molecule has 1 aliphatic heterocycles. The van der Waals surface area contributed by atoms with Gasteiger partial charge >= 0.3 is 6.03 Å². The van der Waals surface area contributed by atoms with E-state index in [9.17, 15) is 14.4 Å². The Balaban J connectivity index is 2.17. The van der Waals surface area contributed by atoms with Crippen LogP contribution in [0.2, 0.25) is 0 Å². The summed E-state index contributed by atoms with van der Waals surface area (Å²) in [6.45, 7) is 2.16. The number of carbonyl (C=O) groups is 3. The molecule has 0 aliphatic carbocycles. The molecule has 0 aromatic heterocycles. The predicted octanol–water partition coefficient (Wildman–Crippen LogP) is 1.87. The van der Waals surface area contributed by atoms with Crippen molar-refractivity contribution in [2.24, 2.45) is 0 Å². The van der Waals surface area contributed by atoms with Gasteiger partial charge in [0.1, 0.15) is 0 Å². The van der Waals surface area contributed by atoms with Crippen molar-refractivity contribution < 1.29 is 14.4 Å². The summed E-state index contributed by atoms with van der Waals surface area (Å²) in [5, 5.41) is 2.54. The molecular formula is C15H18N2O3. The number of nitrogens with zero attached hydrogens (tertiary/aromatic N) is 1. The molecule has 1 aliphatic rings. The number of aldehydes is 1. The van der Waals surface area contributed by atoms with E-state index >= 15 is 0 Å². The van der Waals surface area contributed by atoms with E-state index in [1.807, 2.05) is 37.3 Å². The number of benzene rings is 1. The van der Waals surface area contributed by atoms with Crippen molar-refractivity contribution in [1.82, 2.24) is 10.2 Å². The second kappa shape index (κ2) is 5.86. The predicted molar refractivity (Wildman–Crippen MR) is 73.8 cm³/mol. The molecule has 1 unspecified atom stereocenters. The van der Waals surface area contributed by atoms with Crippen LogP contribution in [0.5, 0.6) is 0 Å². The Hall–Kier alpha value is -2.17. The average molecular weight is 274 g/mol. The van der Waals surface area contributed by atoms with Gasteiger partial charge in [-0.2, -0.15) is 0 Å². The third kappa shape index (κ3) is 2.57. The van der Waals surface area contributed by atoms with Crippen LogP contribution in [-0.2, 0) is 16.1 Å². The van der Waals surface area contributed by atoms with Crippen LogP contribution in [0.3, 0.4) is 0 Å². The number of carbonyl (C=O) groups excluding carboxylic acids is 3. The highest BCUT2D eigenvalue weighted by molar-refractivity contribution is 6.15. The maximum absolute atomic E-state index is 12.4. The molecule has 5 nitrogen and oxygen atoms in total. The molecule has 5 heteroatoms. The van der Waals surface area contributed by atoms with Crippen LogP contribution >= 0.6 is 0 Å². The Morgan fingerprint density at radius 3 is 2.55 bits per heavy atom. The minimum Gasteiger partial charge on any atom is -0.317 e. The fraction of sp³-hybridized carbons (Fsp3) is 0.400. The molecule has 0 bridgehead atoms. The number of rotatable bonds is 6. The third-order valence-electron chi connectivity index (χ3n) is 3.51. The number of hydrogen-bond donors (Lipinski definition) is 1. The van der Waals surface area contributed by atoms with Gasteiger partial charge in [0.25, 0.3) is 5.91 Å². The summed E-state index contributed by atoms with van der Waals surface area (Å²) in [5.74, 6) is -0.449. The fourth-order valence-corrected chi connectivity index (χ4v) is 2.32. The Morgan fingerprint density at radius 2 is 1.95 bits per heavy atom. The Morgan fingerprint density at radius 1 is 1.25 bits per heavy atom. The van der Waals surface area contributed by atoms with E-state index in [4.69, 9.17) is 0 Å². The number of unbranched alkanes of at least 4 members (excludes halogenated alkanes) is 1. The van der Waals surface area contributed by atoms with E-state index in [2.05, 4.69) is 5.32 Å². The van der Waals surface area contributed by atoms with Gasteiger partial charge in [0.05, 0.1) is 6.54 Å². The first-order valence-corrected chi connectivity index (χ1v) is 6.77. The van der Waals surface area contributed by atoms with E-state index < -0.39 is 17.5 Å². The second-order valence-corrected chi connectivity index (χ2v) is 5.00. The van der Waals surface area contributed by atoms with Crippen LogP contribution < -0.4 is 5.32 Å². The van der Waals surface area contributed by atoms with Crippen molar-refractivity contribution in [3.8, 4) is 0 Å². The van der Waals surface area contributed by atoms with E-state index in [1.54, 1.807) is 0 Å². The molecule has 1 aromatic carbocycles. The molecular weight excluding hydrogens is 256 g/mol. The van der Waals surface area contributed by atoms with Crippen LogP contribution in [-0.4, -0.2) is 28.7 Å². The van der Waals surface area contributed by atoms with E-state index in [0.717, 1.165) is 16.9 Å². The number of imide groups is 1. The topological polar surface area (TPSA) is 66.5 Å². The summed E-state index contributed by atoms with van der Waals surface area (Å²) in [4.78, 5) is 36.8. The van der Waals surface area contributed by atoms with Crippen LogP contribution in [0.4, 0.5) is 4.79 Å². The van der Waals surface area contributed by atoms with Crippen LogP contribution in [0.1, 0.15) is 31.7 Å².